The number of nitrogens with one attached hydrogen (secondary N) is 1. The van der Waals surface area contributed by atoms with Gasteiger partial charge in [0.15, 0.2) is 5.76 Å². The Morgan fingerprint density at radius 1 is 0.720 bits per heavy atom. The number of anilines is 1. The van der Waals surface area contributed by atoms with Crippen LogP contribution in [0.5, 0.6) is 0 Å². The minimum atomic E-state index is 0.632. The molecule has 0 saturated heterocycles. The summed E-state index contributed by atoms with van der Waals surface area (Å²) >= 11 is 0. The predicted molar refractivity (Wildman–Crippen MR) is 102 cm³/mol. The maximum Gasteiger partial charge on any atom is 0.227 e. The molecule has 0 amide bonds. The number of aromatic nitrogens is 1. The predicted octanol–water partition coefficient (Wildman–Crippen LogP) is 5.72. The number of oxazole rings is 1. The summed E-state index contributed by atoms with van der Waals surface area (Å²) in [4.78, 5) is 4.51. The molecule has 0 aliphatic heterocycles. The molecule has 0 aliphatic carbocycles. The summed E-state index contributed by atoms with van der Waals surface area (Å²) in [6.07, 6.45) is 1.78. The van der Waals surface area contributed by atoms with E-state index in [1.54, 1.807) is 6.20 Å². The molecular formula is C22H18N2O. The zero-order valence-electron chi connectivity index (χ0n) is 13.9. The Balaban J connectivity index is 1.73. The molecule has 3 nitrogen and oxygen atoms in total. The molecule has 0 aliphatic rings. The van der Waals surface area contributed by atoms with Gasteiger partial charge in [-0.25, -0.2) is 4.98 Å². The Morgan fingerprint density at radius 3 is 2.12 bits per heavy atom. The van der Waals surface area contributed by atoms with E-state index in [2.05, 4.69) is 28.5 Å². The zero-order valence-corrected chi connectivity index (χ0v) is 13.9. The summed E-state index contributed by atoms with van der Waals surface area (Å²) in [5, 5.41) is 3.12. The molecule has 0 saturated carbocycles. The van der Waals surface area contributed by atoms with Crippen LogP contribution in [0.25, 0.3) is 33.9 Å². The molecule has 0 unspecified atom stereocenters. The highest BCUT2D eigenvalue weighted by molar-refractivity contribution is 5.80. The first-order chi connectivity index (χ1) is 12.3. The average Bonchev–Trinajstić information content (AvgIpc) is 3.19. The van der Waals surface area contributed by atoms with Gasteiger partial charge in [0.25, 0.3) is 0 Å². The van der Waals surface area contributed by atoms with Crippen molar-refractivity contribution in [2.24, 2.45) is 0 Å². The van der Waals surface area contributed by atoms with E-state index in [-0.39, 0.29) is 0 Å². The molecule has 1 aromatic heterocycles. The van der Waals surface area contributed by atoms with Crippen molar-refractivity contribution in [1.82, 2.24) is 4.98 Å². The largest absolute Gasteiger partial charge is 0.436 e. The summed E-state index contributed by atoms with van der Waals surface area (Å²) in [6.45, 7) is 0. The quantitative estimate of drug-likeness (QED) is 0.521. The molecule has 4 rings (SSSR count). The third-order valence-electron chi connectivity index (χ3n) is 4.21. The Hall–Kier alpha value is -3.33. The number of hydrogen-bond acceptors (Lipinski definition) is 3. The lowest BCUT2D eigenvalue weighted by molar-refractivity contribution is 0.589. The maximum atomic E-state index is 6.06. The third kappa shape index (κ3) is 3.04. The smallest absolute Gasteiger partial charge is 0.227 e. The van der Waals surface area contributed by atoms with E-state index < -0.39 is 0 Å². The molecule has 0 radical (unpaired) electrons. The molecular weight excluding hydrogens is 308 g/mol. The first-order valence-corrected chi connectivity index (χ1v) is 8.24. The van der Waals surface area contributed by atoms with Gasteiger partial charge in [0.1, 0.15) is 0 Å². The van der Waals surface area contributed by atoms with E-state index in [0.717, 1.165) is 33.7 Å². The molecule has 1 N–H and O–H groups in total. The SMILES string of the molecule is CNc1ccc(-c2cnc(-c3ccccc3-c3ccccc3)o2)cc1. The van der Waals surface area contributed by atoms with E-state index in [1.807, 2.05) is 67.7 Å². The van der Waals surface area contributed by atoms with Gasteiger partial charge < -0.3 is 9.73 Å². The first kappa shape index (κ1) is 15.2. The fraction of sp³-hybridized carbons (Fsp3) is 0.0455. The van der Waals surface area contributed by atoms with Crippen LogP contribution in [-0.2, 0) is 0 Å². The minimum Gasteiger partial charge on any atom is -0.436 e. The van der Waals surface area contributed by atoms with E-state index in [9.17, 15) is 0 Å². The third-order valence-corrected chi connectivity index (χ3v) is 4.21. The standard InChI is InChI=1S/C22H18N2O/c1-23-18-13-11-17(12-14-18)21-15-24-22(25-21)20-10-6-5-9-19(20)16-7-3-2-4-8-16/h2-15,23H,1H3. The van der Waals surface area contributed by atoms with E-state index in [1.165, 1.54) is 0 Å². The summed E-state index contributed by atoms with van der Waals surface area (Å²) in [5.74, 6) is 1.40. The van der Waals surface area contributed by atoms with Crippen LogP contribution in [0.3, 0.4) is 0 Å². The summed E-state index contributed by atoms with van der Waals surface area (Å²) in [7, 11) is 1.90. The number of rotatable bonds is 4. The maximum absolute atomic E-state index is 6.06. The van der Waals surface area contributed by atoms with Crippen molar-refractivity contribution in [3.05, 3.63) is 85.1 Å². The Kier molecular flexibility index (Phi) is 4.05. The fourth-order valence-corrected chi connectivity index (χ4v) is 2.87. The first-order valence-electron chi connectivity index (χ1n) is 8.24. The van der Waals surface area contributed by atoms with E-state index >= 15 is 0 Å². The second-order valence-corrected chi connectivity index (χ2v) is 5.77. The molecule has 0 atom stereocenters. The van der Waals surface area contributed by atoms with Crippen LogP contribution in [0.4, 0.5) is 5.69 Å². The molecule has 0 fully saturated rings. The highest BCUT2D eigenvalue weighted by Gasteiger charge is 2.13. The fourth-order valence-electron chi connectivity index (χ4n) is 2.87. The van der Waals surface area contributed by atoms with Crippen molar-refractivity contribution in [3.63, 3.8) is 0 Å². The van der Waals surface area contributed by atoms with Crippen molar-refractivity contribution in [3.8, 4) is 33.9 Å². The molecule has 3 heteroatoms. The van der Waals surface area contributed by atoms with Crippen LogP contribution in [0.1, 0.15) is 0 Å². The lowest BCUT2D eigenvalue weighted by atomic mass is 10.00. The highest BCUT2D eigenvalue weighted by atomic mass is 16.4. The second-order valence-electron chi connectivity index (χ2n) is 5.77. The molecule has 25 heavy (non-hydrogen) atoms. The van der Waals surface area contributed by atoms with Crippen LogP contribution in [-0.4, -0.2) is 12.0 Å². The zero-order chi connectivity index (χ0) is 17.1. The minimum absolute atomic E-state index is 0.632. The van der Waals surface area contributed by atoms with Crippen molar-refractivity contribution in [2.75, 3.05) is 12.4 Å². The van der Waals surface area contributed by atoms with Crippen molar-refractivity contribution >= 4 is 5.69 Å². The van der Waals surface area contributed by atoms with Crippen molar-refractivity contribution < 1.29 is 4.42 Å². The Labute approximate surface area is 147 Å². The molecule has 0 spiro atoms. The van der Waals surface area contributed by atoms with Crippen LogP contribution in [0, 0.1) is 0 Å². The van der Waals surface area contributed by atoms with Crippen LogP contribution in [0.2, 0.25) is 0 Å². The van der Waals surface area contributed by atoms with Gasteiger partial charge in [0.05, 0.1) is 6.20 Å². The second kappa shape index (κ2) is 6.65. The Bertz CT molecular complexity index is 972. The number of nitrogens with zero attached hydrogens (tertiary/aromatic N) is 1. The van der Waals surface area contributed by atoms with Gasteiger partial charge in [0.2, 0.25) is 5.89 Å². The highest BCUT2D eigenvalue weighted by Crippen LogP contribution is 2.33. The van der Waals surface area contributed by atoms with E-state index in [4.69, 9.17) is 4.42 Å². The number of hydrogen-bond donors (Lipinski definition) is 1. The lowest BCUT2D eigenvalue weighted by Gasteiger charge is -2.06. The summed E-state index contributed by atoms with van der Waals surface area (Å²) in [6, 6.07) is 26.6. The van der Waals surface area contributed by atoms with Gasteiger partial charge in [-0.15, -0.1) is 0 Å². The normalized spacial score (nSPS) is 10.6. The van der Waals surface area contributed by atoms with Gasteiger partial charge in [0, 0.05) is 23.9 Å². The van der Waals surface area contributed by atoms with Crippen molar-refractivity contribution in [1.29, 1.82) is 0 Å². The molecule has 122 valence electrons. The molecule has 3 aromatic carbocycles. The van der Waals surface area contributed by atoms with Gasteiger partial charge >= 0.3 is 0 Å². The number of benzene rings is 3. The summed E-state index contributed by atoms with van der Waals surface area (Å²) < 4.78 is 6.06. The molecule has 0 bridgehead atoms. The molecule has 1 heterocycles. The van der Waals surface area contributed by atoms with Crippen LogP contribution in [0.15, 0.2) is 89.5 Å². The van der Waals surface area contributed by atoms with Crippen molar-refractivity contribution in [2.45, 2.75) is 0 Å². The monoisotopic (exact) mass is 326 g/mol. The van der Waals surface area contributed by atoms with Gasteiger partial charge in [-0.3, -0.25) is 0 Å². The van der Waals surface area contributed by atoms with Gasteiger partial charge in [-0.05, 0) is 41.5 Å². The van der Waals surface area contributed by atoms with Gasteiger partial charge in [-0.1, -0.05) is 48.5 Å². The lowest BCUT2D eigenvalue weighted by Crippen LogP contribution is -1.86. The summed E-state index contributed by atoms with van der Waals surface area (Å²) in [5.41, 5.74) is 5.33. The van der Waals surface area contributed by atoms with E-state index in [0.29, 0.717) is 5.89 Å². The molecule has 4 aromatic rings. The van der Waals surface area contributed by atoms with Gasteiger partial charge in [-0.2, -0.15) is 0 Å². The van der Waals surface area contributed by atoms with Crippen LogP contribution >= 0.6 is 0 Å². The van der Waals surface area contributed by atoms with Crippen LogP contribution < -0.4 is 5.32 Å². The average molecular weight is 326 g/mol. The Morgan fingerprint density at radius 2 is 1.40 bits per heavy atom. The topological polar surface area (TPSA) is 38.1 Å².